The summed E-state index contributed by atoms with van der Waals surface area (Å²) in [4.78, 5) is 37.2. The van der Waals surface area contributed by atoms with Gasteiger partial charge >= 0.3 is 0 Å². The number of nitrogens with one attached hydrogen (secondary N) is 1. The van der Waals surface area contributed by atoms with Gasteiger partial charge in [0.25, 0.3) is 5.91 Å². The number of ketones is 1. The number of anilines is 1. The van der Waals surface area contributed by atoms with Crippen LogP contribution in [0.3, 0.4) is 0 Å². The molecule has 0 aliphatic carbocycles. The Balaban J connectivity index is 1.51. The number of carbonyl (C=O) groups excluding carboxylic acids is 2. The number of nitrogen functional groups attached to an aromatic ring is 1. The lowest BCUT2D eigenvalue weighted by molar-refractivity contribution is -0.126. The number of likely N-dealkylation sites (tertiary alicyclic amines) is 1. The molecule has 0 bridgehead atoms. The van der Waals surface area contributed by atoms with E-state index in [0.717, 1.165) is 35.2 Å². The third-order valence-corrected chi connectivity index (χ3v) is 7.72. The van der Waals surface area contributed by atoms with Gasteiger partial charge in [-0.2, -0.15) is 9.61 Å². The van der Waals surface area contributed by atoms with Gasteiger partial charge in [0.15, 0.2) is 11.4 Å². The quantitative estimate of drug-likeness (QED) is 0.0877. The smallest absolute Gasteiger partial charge is 0.291 e. The number of hydrogen-bond donors (Lipinski definition) is 4. The Morgan fingerprint density at radius 1 is 1.12 bits per heavy atom. The van der Waals surface area contributed by atoms with E-state index in [1.807, 2.05) is 56.3 Å². The predicted octanol–water partition coefficient (Wildman–Crippen LogP) is 2.85. The first kappa shape index (κ1) is 27.7. The average Bonchev–Trinajstić information content (AvgIpc) is 3.56. The summed E-state index contributed by atoms with van der Waals surface area (Å²) in [6, 6.07) is 13.7. The molecule has 1 amide bonds. The highest BCUT2D eigenvalue weighted by atomic mass is 16.2. The Morgan fingerprint density at radius 3 is 2.54 bits per heavy atom. The molecule has 12 heteroatoms. The molecule has 0 radical (unpaired) electrons. The first-order chi connectivity index (χ1) is 19.7. The molecule has 1 aliphatic rings. The number of nitrogens with zero attached hydrogens (tertiary/aromatic N) is 6. The number of amidine groups is 1. The fourth-order valence-electron chi connectivity index (χ4n) is 5.73. The molecule has 3 aromatic heterocycles. The van der Waals surface area contributed by atoms with Crippen molar-refractivity contribution < 1.29 is 9.59 Å². The topological polar surface area (TPSA) is 183 Å². The van der Waals surface area contributed by atoms with Crippen LogP contribution in [0.1, 0.15) is 62.0 Å². The van der Waals surface area contributed by atoms with Gasteiger partial charge in [0.05, 0.1) is 23.1 Å². The number of hydrazine groups is 1. The van der Waals surface area contributed by atoms with E-state index in [1.54, 1.807) is 17.3 Å². The van der Waals surface area contributed by atoms with Crippen LogP contribution in [0.2, 0.25) is 0 Å². The van der Waals surface area contributed by atoms with Crippen molar-refractivity contribution in [1.82, 2.24) is 30.0 Å². The molecule has 4 aromatic rings. The number of hydrazone groups is 1. The van der Waals surface area contributed by atoms with Crippen molar-refractivity contribution >= 4 is 29.0 Å². The Hall–Kier alpha value is -4.84. The maximum Gasteiger partial charge on any atom is 0.291 e. The number of fused-ring (bicyclic) bond motifs is 1. The molecule has 7 N–H and O–H groups in total. The van der Waals surface area contributed by atoms with Crippen molar-refractivity contribution in [3.05, 3.63) is 66.1 Å². The fourth-order valence-corrected chi connectivity index (χ4v) is 5.73. The predicted molar refractivity (Wildman–Crippen MR) is 157 cm³/mol. The van der Waals surface area contributed by atoms with Gasteiger partial charge in [0, 0.05) is 40.9 Å². The van der Waals surface area contributed by atoms with Crippen LogP contribution >= 0.6 is 0 Å². The summed E-state index contributed by atoms with van der Waals surface area (Å²) >= 11 is 0. The van der Waals surface area contributed by atoms with Crippen molar-refractivity contribution in [3.63, 3.8) is 0 Å². The zero-order valence-corrected chi connectivity index (χ0v) is 23.3. The number of carbonyl (C=O) groups is 2. The summed E-state index contributed by atoms with van der Waals surface area (Å²) in [5, 5.41) is 8.11. The van der Waals surface area contributed by atoms with Crippen LogP contribution in [-0.2, 0) is 4.79 Å². The third-order valence-electron chi connectivity index (χ3n) is 7.72. The minimum Gasteiger partial charge on any atom is -0.383 e. The van der Waals surface area contributed by atoms with E-state index in [2.05, 4.69) is 20.7 Å². The van der Waals surface area contributed by atoms with Gasteiger partial charge in [-0.05, 0) is 39.2 Å². The van der Waals surface area contributed by atoms with Crippen molar-refractivity contribution in [1.29, 1.82) is 0 Å². The van der Waals surface area contributed by atoms with Gasteiger partial charge in [-0.25, -0.2) is 16.4 Å². The minimum atomic E-state index is -0.385. The number of Topliss-reactive ketones (excluding diaryl/α,β-unsaturated/α-hetero) is 1. The summed E-state index contributed by atoms with van der Waals surface area (Å²) in [7, 11) is 0. The molecule has 3 atom stereocenters. The van der Waals surface area contributed by atoms with E-state index in [4.69, 9.17) is 22.3 Å². The van der Waals surface area contributed by atoms with Crippen molar-refractivity contribution in [2.75, 3.05) is 5.73 Å². The second-order valence-electron chi connectivity index (χ2n) is 10.5. The summed E-state index contributed by atoms with van der Waals surface area (Å²) in [6.07, 6.45) is 5.62. The maximum absolute atomic E-state index is 13.0. The van der Waals surface area contributed by atoms with Gasteiger partial charge in [-0.3, -0.25) is 14.6 Å². The second-order valence-corrected chi connectivity index (χ2v) is 10.5. The molecule has 1 saturated heterocycles. The molecule has 0 saturated carbocycles. The fraction of sp³-hybridized carbons (Fsp3) is 0.310. The Kier molecular flexibility index (Phi) is 7.66. The SMILES string of the molecule is CC(=O)c1c(C(C)CC2CCC(C)N2C(=O)/C(N)=N/NN)nc2c(-c3ccc(-c4ccccc4)nc3)cnn2c1N. The molecule has 1 aromatic carbocycles. The number of aromatic nitrogens is 4. The van der Waals surface area contributed by atoms with E-state index in [-0.39, 0.29) is 41.3 Å². The first-order valence-electron chi connectivity index (χ1n) is 13.5. The number of pyridine rings is 1. The zero-order chi connectivity index (χ0) is 29.3. The van der Waals surface area contributed by atoms with E-state index in [1.165, 1.54) is 11.4 Å². The summed E-state index contributed by atoms with van der Waals surface area (Å²) in [5.41, 5.74) is 19.3. The van der Waals surface area contributed by atoms with Crippen LogP contribution < -0.4 is 22.8 Å². The lowest BCUT2D eigenvalue weighted by atomic mass is 9.92. The average molecular weight is 555 g/mol. The molecular formula is C29H34N10O2. The minimum absolute atomic E-state index is 0.0215. The number of rotatable bonds is 7. The molecule has 5 rings (SSSR count). The normalized spacial score (nSPS) is 18.0. The third kappa shape index (κ3) is 5.21. The van der Waals surface area contributed by atoms with Crippen LogP contribution in [0.15, 0.2) is 60.0 Å². The van der Waals surface area contributed by atoms with E-state index < -0.39 is 0 Å². The van der Waals surface area contributed by atoms with E-state index >= 15 is 0 Å². The first-order valence-corrected chi connectivity index (χ1v) is 13.5. The van der Waals surface area contributed by atoms with Gasteiger partial charge in [0.1, 0.15) is 5.82 Å². The lowest BCUT2D eigenvalue weighted by Crippen LogP contribution is -2.47. The van der Waals surface area contributed by atoms with E-state index in [9.17, 15) is 9.59 Å². The molecule has 212 valence electrons. The summed E-state index contributed by atoms with van der Waals surface area (Å²) < 4.78 is 1.50. The number of hydrogen-bond acceptors (Lipinski definition) is 9. The van der Waals surface area contributed by atoms with Gasteiger partial charge in [-0.15, -0.1) is 5.10 Å². The Morgan fingerprint density at radius 2 is 1.88 bits per heavy atom. The molecule has 12 nitrogen and oxygen atoms in total. The summed E-state index contributed by atoms with van der Waals surface area (Å²) in [6.45, 7) is 5.43. The van der Waals surface area contributed by atoms with Gasteiger partial charge in [0.2, 0.25) is 5.84 Å². The second kappa shape index (κ2) is 11.3. The highest BCUT2D eigenvalue weighted by molar-refractivity contribution is 6.37. The van der Waals surface area contributed by atoms with Gasteiger partial charge in [-0.1, -0.05) is 43.3 Å². The number of nitrogens with two attached hydrogens (primary N) is 3. The maximum atomic E-state index is 13.0. The van der Waals surface area contributed by atoms with Crippen LogP contribution in [0.25, 0.3) is 28.0 Å². The Bertz CT molecular complexity index is 1610. The molecular weight excluding hydrogens is 520 g/mol. The van der Waals surface area contributed by atoms with Gasteiger partial charge < -0.3 is 16.4 Å². The molecule has 1 fully saturated rings. The monoisotopic (exact) mass is 554 g/mol. The van der Waals surface area contributed by atoms with Crippen LogP contribution in [0, 0.1) is 0 Å². The molecule has 1 aliphatic heterocycles. The van der Waals surface area contributed by atoms with Crippen LogP contribution in [-0.4, -0.2) is 54.1 Å². The highest BCUT2D eigenvalue weighted by Gasteiger charge is 2.37. The largest absolute Gasteiger partial charge is 0.383 e. The van der Waals surface area contributed by atoms with E-state index in [0.29, 0.717) is 23.3 Å². The number of benzene rings is 1. The lowest BCUT2D eigenvalue weighted by Gasteiger charge is -2.30. The van der Waals surface area contributed by atoms with Crippen LogP contribution in [0.5, 0.6) is 0 Å². The molecule has 3 unspecified atom stereocenters. The number of amides is 1. The van der Waals surface area contributed by atoms with Crippen molar-refractivity contribution in [3.8, 4) is 22.4 Å². The Labute approximate surface area is 237 Å². The molecule has 41 heavy (non-hydrogen) atoms. The van der Waals surface area contributed by atoms with Crippen molar-refractivity contribution in [2.45, 2.75) is 58.0 Å². The molecule has 0 spiro atoms. The highest BCUT2D eigenvalue weighted by Crippen LogP contribution is 2.35. The zero-order valence-electron chi connectivity index (χ0n) is 23.3. The van der Waals surface area contributed by atoms with Crippen LogP contribution in [0.4, 0.5) is 5.82 Å². The van der Waals surface area contributed by atoms with Crippen molar-refractivity contribution in [2.24, 2.45) is 16.7 Å². The standard InChI is InChI=1S/C29H34N10O2/c1-16(13-21-11-9-17(2)38(21)29(41)26(30)36-37-32)25-24(18(3)40)27(31)39-28(35-25)22(15-34-39)20-10-12-23(33-14-20)19-7-5-4-6-8-19/h4-8,10,12,14-17,21,37H,9,11,13,31-32H2,1-3H3,(H2,30,36). The summed E-state index contributed by atoms with van der Waals surface area (Å²) in [5.74, 6) is 4.44. The molecule has 4 heterocycles.